The van der Waals surface area contributed by atoms with E-state index in [4.69, 9.17) is 0 Å². The number of aromatic nitrogens is 1. The first-order chi connectivity index (χ1) is 15.1. The highest BCUT2D eigenvalue weighted by molar-refractivity contribution is 5.95. The standard InChI is InChI=1S/C28H34N2O/c1-4-5-13-26-24(19-21(2)25-14-6-7-15-27(25)26)16-17-28(31)30-22(3)10-8-11-23-12-9-18-29-20-23/h6-7,9,12,14-20,22H,4-5,8,10-11,13H2,1-3H3,(H,30,31)/t22-/m1/s1. The number of carbonyl (C=O) groups is 1. The van der Waals surface area contributed by atoms with Gasteiger partial charge in [0.2, 0.25) is 5.91 Å². The summed E-state index contributed by atoms with van der Waals surface area (Å²) in [6, 6.07) is 15.0. The van der Waals surface area contributed by atoms with Crippen molar-refractivity contribution in [1.29, 1.82) is 0 Å². The van der Waals surface area contributed by atoms with Gasteiger partial charge in [0.25, 0.3) is 0 Å². The van der Waals surface area contributed by atoms with Gasteiger partial charge in [-0.25, -0.2) is 0 Å². The maximum Gasteiger partial charge on any atom is 0.244 e. The van der Waals surface area contributed by atoms with Gasteiger partial charge in [-0.15, -0.1) is 0 Å². The molecule has 0 saturated heterocycles. The third-order valence-electron chi connectivity index (χ3n) is 5.81. The molecule has 0 aliphatic heterocycles. The van der Waals surface area contributed by atoms with Crippen LogP contribution in [0.2, 0.25) is 0 Å². The summed E-state index contributed by atoms with van der Waals surface area (Å²) in [6.07, 6.45) is 13.7. The van der Waals surface area contributed by atoms with Gasteiger partial charge in [0, 0.05) is 24.5 Å². The molecule has 1 atom stereocenters. The molecule has 0 radical (unpaired) electrons. The molecule has 0 bridgehead atoms. The number of benzene rings is 2. The van der Waals surface area contributed by atoms with E-state index in [0.717, 1.165) is 44.1 Å². The Morgan fingerprint density at radius 2 is 1.90 bits per heavy atom. The first-order valence-electron chi connectivity index (χ1n) is 11.5. The Hall–Kier alpha value is -2.94. The minimum atomic E-state index is -0.0267. The number of fused-ring (bicyclic) bond motifs is 1. The number of amides is 1. The summed E-state index contributed by atoms with van der Waals surface area (Å²) in [5, 5.41) is 5.72. The van der Waals surface area contributed by atoms with E-state index < -0.39 is 0 Å². The van der Waals surface area contributed by atoms with Crippen LogP contribution in [0.1, 0.15) is 61.8 Å². The Balaban J connectivity index is 1.64. The number of carbonyl (C=O) groups excluding carboxylic acids is 1. The van der Waals surface area contributed by atoms with Gasteiger partial charge in [-0.1, -0.05) is 49.7 Å². The molecule has 1 N–H and O–H groups in total. The Labute approximate surface area is 186 Å². The van der Waals surface area contributed by atoms with Crippen LogP contribution in [0.15, 0.2) is 60.9 Å². The number of rotatable bonds is 10. The van der Waals surface area contributed by atoms with Crippen LogP contribution < -0.4 is 5.32 Å². The van der Waals surface area contributed by atoms with Crippen molar-refractivity contribution < 1.29 is 4.79 Å². The summed E-state index contributed by atoms with van der Waals surface area (Å²) in [5.74, 6) is -0.0267. The van der Waals surface area contributed by atoms with Crippen LogP contribution in [0.4, 0.5) is 0 Å². The van der Waals surface area contributed by atoms with Crippen molar-refractivity contribution in [3.8, 4) is 0 Å². The van der Waals surface area contributed by atoms with Crippen LogP contribution >= 0.6 is 0 Å². The van der Waals surface area contributed by atoms with E-state index >= 15 is 0 Å². The third-order valence-corrected chi connectivity index (χ3v) is 5.81. The van der Waals surface area contributed by atoms with Crippen molar-refractivity contribution in [3.05, 3.63) is 83.2 Å². The van der Waals surface area contributed by atoms with E-state index in [2.05, 4.69) is 67.5 Å². The number of unbranched alkanes of at least 4 members (excludes halogenated alkanes) is 1. The van der Waals surface area contributed by atoms with E-state index in [0.29, 0.717) is 0 Å². The zero-order chi connectivity index (χ0) is 22.1. The van der Waals surface area contributed by atoms with Crippen LogP contribution in [0.5, 0.6) is 0 Å². The third kappa shape index (κ3) is 6.52. The Morgan fingerprint density at radius 1 is 1.10 bits per heavy atom. The quantitative estimate of drug-likeness (QED) is 0.389. The molecular formula is C28H34N2O. The lowest BCUT2D eigenvalue weighted by atomic mass is 9.92. The molecule has 3 heteroatoms. The second-order valence-corrected chi connectivity index (χ2v) is 8.41. The van der Waals surface area contributed by atoms with Gasteiger partial charge in [0.15, 0.2) is 0 Å². The smallest absolute Gasteiger partial charge is 0.244 e. The van der Waals surface area contributed by atoms with Gasteiger partial charge >= 0.3 is 0 Å². The second kappa shape index (κ2) is 11.5. The van der Waals surface area contributed by atoms with Crippen LogP contribution in [-0.2, 0) is 17.6 Å². The largest absolute Gasteiger partial charge is 0.350 e. The van der Waals surface area contributed by atoms with Crippen molar-refractivity contribution in [3.63, 3.8) is 0 Å². The van der Waals surface area contributed by atoms with Crippen LogP contribution in [0, 0.1) is 6.92 Å². The molecule has 0 aliphatic rings. The highest BCUT2D eigenvalue weighted by Crippen LogP contribution is 2.28. The fourth-order valence-electron chi connectivity index (χ4n) is 4.11. The number of hydrogen-bond acceptors (Lipinski definition) is 2. The normalized spacial score (nSPS) is 12.4. The zero-order valence-electron chi connectivity index (χ0n) is 19.0. The number of hydrogen-bond donors (Lipinski definition) is 1. The van der Waals surface area contributed by atoms with Gasteiger partial charge in [-0.2, -0.15) is 0 Å². The van der Waals surface area contributed by atoms with Crippen molar-refractivity contribution in [2.45, 2.75) is 65.3 Å². The molecule has 0 spiro atoms. The molecule has 1 heterocycles. The lowest BCUT2D eigenvalue weighted by Crippen LogP contribution is -2.31. The number of nitrogens with zero attached hydrogens (tertiary/aromatic N) is 1. The minimum Gasteiger partial charge on any atom is -0.350 e. The van der Waals surface area contributed by atoms with E-state index in [-0.39, 0.29) is 11.9 Å². The maximum atomic E-state index is 12.5. The molecule has 162 valence electrons. The predicted molar refractivity (Wildman–Crippen MR) is 131 cm³/mol. The van der Waals surface area contributed by atoms with E-state index in [1.807, 2.05) is 18.3 Å². The Morgan fingerprint density at radius 3 is 2.65 bits per heavy atom. The summed E-state index contributed by atoms with van der Waals surface area (Å²) in [6.45, 7) is 6.44. The summed E-state index contributed by atoms with van der Waals surface area (Å²) in [5.41, 5.74) is 4.99. The summed E-state index contributed by atoms with van der Waals surface area (Å²) in [7, 11) is 0. The average Bonchev–Trinajstić information content (AvgIpc) is 2.78. The van der Waals surface area contributed by atoms with Gasteiger partial charge in [-0.3, -0.25) is 9.78 Å². The first kappa shape index (κ1) is 22.7. The molecule has 0 unspecified atom stereocenters. The predicted octanol–water partition coefficient (Wildman–Crippen LogP) is 6.43. The van der Waals surface area contributed by atoms with E-state index in [1.54, 1.807) is 12.3 Å². The molecule has 3 rings (SSSR count). The van der Waals surface area contributed by atoms with Crippen LogP contribution in [-0.4, -0.2) is 16.9 Å². The van der Waals surface area contributed by atoms with E-state index in [9.17, 15) is 4.79 Å². The Bertz CT molecular complexity index is 1020. The van der Waals surface area contributed by atoms with Gasteiger partial charge in [0.05, 0.1) is 0 Å². The van der Waals surface area contributed by atoms with Crippen LogP contribution in [0.3, 0.4) is 0 Å². The van der Waals surface area contributed by atoms with Crippen molar-refractivity contribution in [1.82, 2.24) is 10.3 Å². The summed E-state index contributed by atoms with van der Waals surface area (Å²) >= 11 is 0. The summed E-state index contributed by atoms with van der Waals surface area (Å²) < 4.78 is 0. The lowest BCUT2D eigenvalue weighted by molar-refractivity contribution is -0.117. The lowest BCUT2D eigenvalue weighted by Gasteiger charge is -2.14. The van der Waals surface area contributed by atoms with Gasteiger partial charge in [-0.05, 0) is 91.1 Å². The second-order valence-electron chi connectivity index (χ2n) is 8.41. The molecule has 31 heavy (non-hydrogen) atoms. The molecule has 2 aromatic carbocycles. The molecule has 1 aromatic heterocycles. The average molecular weight is 415 g/mol. The van der Waals surface area contributed by atoms with Crippen molar-refractivity contribution in [2.75, 3.05) is 0 Å². The SMILES string of the molecule is CCCCc1c(C=CC(=O)N[C@H](C)CCCc2cccnc2)cc(C)c2ccccc12. The topological polar surface area (TPSA) is 42.0 Å². The van der Waals surface area contributed by atoms with Crippen molar-refractivity contribution in [2.24, 2.45) is 0 Å². The summed E-state index contributed by atoms with van der Waals surface area (Å²) in [4.78, 5) is 16.7. The molecule has 0 aliphatic carbocycles. The van der Waals surface area contributed by atoms with Gasteiger partial charge in [0.1, 0.15) is 0 Å². The molecule has 3 nitrogen and oxygen atoms in total. The maximum absolute atomic E-state index is 12.5. The van der Waals surface area contributed by atoms with Crippen molar-refractivity contribution >= 4 is 22.8 Å². The first-order valence-corrected chi connectivity index (χ1v) is 11.5. The minimum absolute atomic E-state index is 0.0267. The molecule has 3 aromatic rings. The molecule has 0 fully saturated rings. The van der Waals surface area contributed by atoms with Gasteiger partial charge < -0.3 is 5.32 Å². The highest BCUT2D eigenvalue weighted by Gasteiger charge is 2.10. The number of pyridine rings is 1. The number of nitrogens with one attached hydrogen (secondary N) is 1. The number of aryl methyl sites for hydroxylation is 3. The van der Waals surface area contributed by atoms with E-state index in [1.165, 1.54) is 27.5 Å². The Kier molecular flexibility index (Phi) is 8.40. The fraction of sp³-hybridized carbons (Fsp3) is 0.357. The highest BCUT2D eigenvalue weighted by atomic mass is 16.1. The molecule has 1 amide bonds. The molecular weight excluding hydrogens is 380 g/mol. The zero-order valence-corrected chi connectivity index (χ0v) is 19.0. The molecule has 0 saturated carbocycles. The monoisotopic (exact) mass is 414 g/mol. The van der Waals surface area contributed by atoms with Crippen LogP contribution in [0.25, 0.3) is 16.8 Å². The fourth-order valence-corrected chi connectivity index (χ4v) is 4.11.